The van der Waals surface area contributed by atoms with Gasteiger partial charge in [-0.25, -0.2) is 4.79 Å². The highest BCUT2D eigenvalue weighted by Crippen LogP contribution is 2.21. The fourth-order valence-electron chi connectivity index (χ4n) is 3.62. The Balaban J connectivity index is 1.47. The smallest absolute Gasteiger partial charge is 0.321 e. The van der Waals surface area contributed by atoms with Gasteiger partial charge in [-0.3, -0.25) is 0 Å². The van der Waals surface area contributed by atoms with Crippen molar-refractivity contribution in [1.29, 1.82) is 0 Å². The van der Waals surface area contributed by atoms with Gasteiger partial charge in [-0.2, -0.15) is 0 Å². The topological polar surface area (TPSA) is 35.6 Å². The molecule has 1 aromatic carbocycles. The van der Waals surface area contributed by atoms with Gasteiger partial charge in [0.25, 0.3) is 0 Å². The molecule has 120 valence electrons. The first-order valence-corrected chi connectivity index (χ1v) is 8.68. The molecule has 0 spiro atoms. The third-order valence-electron chi connectivity index (χ3n) is 4.93. The molecule has 3 rings (SSSR count). The summed E-state index contributed by atoms with van der Waals surface area (Å²) in [7, 11) is 0. The van der Waals surface area contributed by atoms with Crippen molar-refractivity contribution in [1.82, 2.24) is 9.80 Å². The van der Waals surface area contributed by atoms with Gasteiger partial charge in [0.05, 0.1) is 0 Å². The molecule has 22 heavy (non-hydrogen) atoms. The number of amides is 2. The number of para-hydroxylation sites is 1. The number of rotatable bonds is 2. The highest BCUT2D eigenvalue weighted by atomic mass is 16.2. The number of benzene rings is 1. The van der Waals surface area contributed by atoms with E-state index < -0.39 is 0 Å². The molecule has 0 aliphatic carbocycles. The summed E-state index contributed by atoms with van der Waals surface area (Å²) in [5.74, 6) is 0. The monoisotopic (exact) mass is 301 g/mol. The second-order valence-corrected chi connectivity index (χ2v) is 6.46. The van der Waals surface area contributed by atoms with Gasteiger partial charge >= 0.3 is 6.03 Å². The Morgan fingerprint density at radius 2 is 1.55 bits per heavy atom. The van der Waals surface area contributed by atoms with Gasteiger partial charge in [0.1, 0.15) is 0 Å². The standard InChI is InChI=1S/C18H27N3O/c22-18(19-16-8-4-3-5-9-16)21-14-10-17(11-15-21)20-12-6-1-2-7-13-20/h3-5,8-9,17H,1-2,6-7,10-15H2,(H,19,22). The fraction of sp³-hybridized carbons (Fsp3) is 0.611. The van der Waals surface area contributed by atoms with Gasteiger partial charge < -0.3 is 15.1 Å². The van der Waals surface area contributed by atoms with Crippen LogP contribution in [-0.4, -0.2) is 48.1 Å². The first-order chi connectivity index (χ1) is 10.8. The normalized spacial score (nSPS) is 21.4. The van der Waals surface area contributed by atoms with Crippen molar-refractivity contribution in [2.45, 2.75) is 44.6 Å². The fourth-order valence-corrected chi connectivity index (χ4v) is 3.62. The van der Waals surface area contributed by atoms with E-state index in [4.69, 9.17) is 0 Å². The summed E-state index contributed by atoms with van der Waals surface area (Å²) < 4.78 is 0. The van der Waals surface area contributed by atoms with Crippen LogP contribution in [0.15, 0.2) is 30.3 Å². The van der Waals surface area contributed by atoms with E-state index in [0.29, 0.717) is 6.04 Å². The number of nitrogens with one attached hydrogen (secondary N) is 1. The molecule has 0 bridgehead atoms. The molecule has 4 nitrogen and oxygen atoms in total. The summed E-state index contributed by atoms with van der Waals surface area (Å²) in [5.41, 5.74) is 0.877. The molecule has 2 aliphatic rings. The van der Waals surface area contributed by atoms with Crippen LogP contribution in [0, 0.1) is 0 Å². The van der Waals surface area contributed by atoms with Gasteiger partial charge in [0.15, 0.2) is 0 Å². The molecule has 0 atom stereocenters. The average molecular weight is 301 g/mol. The van der Waals surface area contributed by atoms with Gasteiger partial charge in [0.2, 0.25) is 0 Å². The molecule has 1 N–H and O–H groups in total. The number of hydrogen-bond donors (Lipinski definition) is 1. The number of likely N-dealkylation sites (tertiary alicyclic amines) is 2. The minimum atomic E-state index is 0.0421. The lowest BCUT2D eigenvalue weighted by molar-refractivity contribution is 0.124. The Bertz CT molecular complexity index is 460. The van der Waals surface area contributed by atoms with Crippen LogP contribution in [0.3, 0.4) is 0 Å². The van der Waals surface area contributed by atoms with E-state index in [2.05, 4.69) is 10.2 Å². The van der Waals surface area contributed by atoms with E-state index in [-0.39, 0.29) is 6.03 Å². The summed E-state index contributed by atoms with van der Waals surface area (Å²) in [4.78, 5) is 16.9. The van der Waals surface area contributed by atoms with E-state index in [9.17, 15) is 4.79 Å². The second kappa shape index (κ2) is 7.63. The lowest BCUT2D eigenvalue weighted by atomic mass is 10.0. The number of piperidine rings is 1. The summed E-state index contributed by atoms with van der Waals surface area (Å²) in [6.07, 6.45) is 7.68. The number of carbonyl (C=O) groups is 1. The first-order valence-electron chi connectivity index (χ1n) is 8.68. The van der Waals surface area contributed by atoms with Crippen LogP contribution in [0.2, 0.25) is 0 Å². The Labute approximate surface area is 133 Å². The van der Waals surface area contributed by atoms with E-state index in [1.807, 2.05) is 35.2 Å². The molecule has 1 aromatic rings. The van der Waals surface area contributed by atoms with Gasteiger partial charge in [0, 0.05) is 24.8 Å². The highest BCUT2D eigenvalue weighted by molar-refractivity contribution is 5.89. The lowest BCUT2D eigenvalue weighted by Gasteiger charge is -2.38. The van der Waals surface area contributed by atoms with E-state index in [1.54, 1.807) is 0 Å². The van der Waals surface area contributed by atoms with Gasteiger partial charge in [-0.15, -0.1) is 0 Å². The molecule has 0 radical (unpaired) electrons. The molecule has 4 heteroatoms. The number of carbonyl (C=O) groups excluding carboxylic acids is 1. The maximum Gasteiger partial charge on any atom is 0.321 e. The van der Waals surface area contributed by atoms with Crippen molar-refractivity contribution in [2.24, 2.45) is 0 Å². The van der Waals surface area contributed by atoms with Crippen molar-refractivity contribution in [3.05, 3.63) is 30.3 Å². The molecular formula is C18H27N3O. The largest absolute Gasteiger partial charge is 0.324 e. The van der Waals surface area contributed by atoms with Crippen LogP contribution in [0.1, 0.15) is 38.5 Å². The lowest BCUT2D eigenvalue weighted by Crippen LogP contribution is -2.48. The number of nitrogens with zero attached hydrogens (tertiary/aromatic N) is 2. The van der Waals surface area contributed by atoms with Crippen molar-refractivity contribution < 1.29 is 4.79 Å². The van der Waals surface area contributed by atoms with Crippen molar-refractivity contribution in [3.63, 3.8) is 0 Å². The molecule has 0 unspecified atom stereocenters. The molecule has 2 aliphatic heterocycles. The van der Waals surface area contributed by atoms with Crippen molar-refractivity contribution in [3.8, 4) is 0 Å². The summed E-state index contributed by atoms with van der Waals surface area (Å²) >= 11 is 0. The van der Waals surface area contributed by atoms with E-state index in [1.165, 1.54) is 38.8 Å². The number of urea groups is 1. The molecule has 2 heterocycles. The molecule has 0 saturated carbocycles. The van der Waals surface area contributed by atoms with Gasteiger partial charge in [-0.05, 0) is 50.9 Å². The summed E-state index contributed by atoms with van der Waals surface area (Å²) in [6, 6.07) is 10.4. The number of hydrogen-bond acceptors (Lipinski definition) is 2. The van der Waals surface area contributed by atoms with Crippen LogP contribution >= 0.6 is 0 Å². The zero-order valence-electron chi connectivity index (χ0n) is 13.3. The molecule has 2 amide bonds. The van der Waals surface area contributed by atoms with E-state index >= 15 is 0 Å². The van der Waals surface area contributed by atoms with E-state index in [0.717, 1.165) is 31.6 Å². The zero-order valence-corrected chi connectivity index (χ0v) is 13.3. The molecule has 0 aromatic heterocycles. The van der Waals surface area contributed by atoms with Gasteiger partial charge in [-0.1, -0.05) is 31.0 Å². The minimum absolute atomic E-state index is 0.0421. The molecule has 2 fully saturated rings. The predicted molar refractivity (Wildman–Crippen MR) is 90.1 cm³/mol. The summed E-state index contributed by atoms with van der Waals surface area (Å²) in [5, 5.41) is 2.99. The van der Waals surface area contributed by atoms with Crippen molar-refractivity contribution in [2.75, 3.05) is 31.5 Å². The van der Waals surface area contributed by atoms with Crippen LogP contribution in [0.25, 0.3) is 0 Å². The maximum atomic E-state index is 12.3. The average Bonchev–Trinajstić information content (AvgIpc) is 2.85. The Morgan fingerprint density at radius 3 is 2.18 bits per heavy atom. The predicted octanol–water partition coefficient (Wildman–Crippen LogP) is 3.56. The maximum absolute atomic E-state index is 12.3. The Kier molecular flexibility index (Phi) is 5.33. The third-order valence-corrected chi connectivity index (χ3v) is 4.93. The molecule has 2 saturated heterocycles. The SMILES string of the molecule is O=C(Nc1ccccc1)N1CCC(N2CCCCCC2)CC1. The molecular weight excluding hydrogens is 274 g/mol. The Morgan fingerprint density at radius 1 is 0.909 bits per heavy atom. The minimum Gasteiger partial charge on any atom is -0.324 e. The third kappa shape index (κ3) is 4.01. The quantitative estimate of drug-likeness (QED) is 0.906. The van der Waals surface area contributed by atoms with Crippen LogP contribution in [0.5, 0.6) is 0 Å². The zero-order chi connectivity index (χ0) is 15.2. The second-order valence-electron chi connectivity index (χ2n) is 6.46. The number of anilines is 1. The van der Waals surface area contributed by atoms with Crippen LogP contribution < -0.4 is 5.32 Å². The first kappa shape index (κ1) is 15.3. The van der Waals surface area contributed by atoms with Crippen molar-refractivity contribution >= 4 is 11.7 Å². The van der Waals surface area contributed by atoms with Crippen LogP contribution in [-0.2, 0) is 0 Å². The van der Waals surface area contributed by atoms with Crippen LogP contribution in [0.4, 0.5) is 10.5 Å². The highest BCUT2D eigenvalue weighted by Gasteiger charge is 2.27. The summed E-state index contributed by atoms with van der Waals surface area (Å²) in [6.45, 7) is 4.25. The Hall–Kier alpha value is -1.55.